The first-order valence-corrected chi connectivity index (χ1v) is 9.46. The second-order valence-corrected chi connectivity index (χ2v) is 7.07. The molecule has 1 heterocycles. The third kappa shape index (κ3) is 4.99. The predicted molar refractivity (Wildman–Crippen MR) is 106 cm³/mol. The van der Waals surface area contributed by atoms with E-state index in [-0.39, 0.29) is 24.2 Å². The summed E-state index contributed by atoms with van der Waals surface area (Å²) in [7, 11) is 1.57. The minimum atomic E-state index is -0.985. The number of esters is 1. The zero-order chi connectivity index (χ0) is 21.0. The van der Waals surface area contributed by atoms with Gasteiger partial charge in [-0.15, -0.1) is 0 Å². The average molecular weight is 398 g/mol. The number of likely N-dealkylation sites (N-methyl/N-ethyl adjacent to an activating group) is 1. The molecule has 1 aliphatic heterocycles. The molecule has 0 radical (unpaired) electrons. The summed E-state index contributed by atoms with van der Waals surface area (Å²) in [5.74, 6) is -1.31. The third-order valence-electron chi connectivity index (χ3n) is 4.80. The molecule has 3 rings (SSSR count). The fourth-order valence-corrected chi connectivity index (χ4v) is 3.28. The van der Waals surface area contributed by atoms with Gasteiger partial charge in [0.05, 0.1) is 5.56 Å². The quantitative estimate of drug-likeness (QED) is 0.701. The maximum atomic E-state index is 13.3. The van der Waals surface area contributed by atoms with Crippen molar-refractivity contribution in [1.29, 1.82) is 0 Å². The van der Waals surface area contributed by atoms with Crippen molar-refractivity contribution in [3.63, 3.8) is 0 Å². The largest absolute Gasteiger partial charge is 0.449 e. The number of anilines is 1. The molecular weight excluding hydrogens is 375 g/mol. The van der Waals surface area contributed by atoms with E-state index in [4.69, 9.17) is 4.74 Å². The van der Waals surface area contributed by atoms with E-state index < -0.39 is 12.1 Å². The van der Waals surface area contributed by atoms with E-state index in [1.54, 1.807) is 48.3 Å². The Hall–Kier alpha value is -3.22. The second-order valence-electron chi connectivity index (χ2n) is 7.07. The summed E-state index contributed by atoms with van der Waals surface area (Å²) in [6.45, 7) is 2.38. The molecule has 1 fully saturated rings. The van der Waals surface area contributed by atoms with Crippen LogP contribution in [0.15, 0.2) is 48.5 Å². The van der Waals surface area contributed by atoms with E-state index in [9.17, 15) is 18.8 Å². The molecule has 0 N–H and O–H groups in total. The molecule has 7 heteroatoms. The van der Waals surface area contributed by atoms with Crippen molar-refractivity contribution in [3.05, 3.63) is 65.5 Å². The Bertz CT molecular complexity index is 913. The number of rotatable bonds is 6. The molecule has 1 aliphatic rings. The van der Waals surface area contributed by atoms with Gasteiger partial charge in [0, 0.05) is 32.2 Å². The molecule has 29 heavy (non-hydrogen) atoms. The van der Waals surface area contributed by atoms with Gasteiger partial charge in [-0.25, -0.2) is 9.18 Å². The number of carbonyl (C=O) groups is 3. The van der Waals surface area contributed by atoms with Gasteiger partial charge >= 0.3 is 5.97 Å². The molecule has 2 amide bonds. The third-order valence-corrected chi connectivity index (χ3v) is 4.80. The lowest BCUT2D eigenvalue weighted by atomic mass is 10.2. The van der Waals surface area contributed by atoms with Gasteiger partial charge in [0.25, 0.3) is 5.91 Å². The van der Waals surface area contributed by atoms with Crippen LogP contribution in [0.4, 0.5) is 10.1 Å². The molecular formula is C22H23FN2O4. The van der Waals surface area contributed by atoms with Gasteiger partial charge in [-0.3, -0.25) is 9.59 Å². The lowest BCUT2D eigenvalue weighted by Gasteiger charge is -2.22. The van der Waals surface area contributed by atoms with Crippen molar-refractivity contribution in [3.8, 4) is 0 Å². The Balaban J connectivity index is 1.57. The van der Waals surface area contributed by atoms with Gasteiger partial charge in [0.15, 0.2) is 6.10 Å². The van der Waals surface area contributed by atoms with Crippen molar-refractivity contribution in [2.75, 3.05) is 18.5 Å². The van der Waals surface area contributed by atoms with Crippen molar-refractivity contribution >= 4 is 23.5 Å². The molecule has 1 saturated heterocycles. The van der Waals surface area contributed by atoms with Crippen LogP contribution in [0.2, 0.25) is 0 Å². The molecule has 0 bridgehead atoms. The van der Waals surface area contributed by atoms with Crippen molar-refractivity contribution in [2.45, 2.75) is 32.4 Å². The standard InChI is InChI=1S/C22H23FN2O4/c1-15(21(27)24(2)14-16-5-3-6-18(23)13-16)29-22(28)17-8-10-19(11-9-17)25-12-4-7-20(25)26/h3,5-6,8-11,13,15H,4,7,12,14H2,1-2H3/t15-/m1/s1. The normalized spacial score (nSPS) is 14.6. The number of amides is 2. The summed E-state index contributed by atoms with van der Waals surface area (Å²) in [5, 5.41) is 0. The molecule has 6 nitrogen and oxygen atoms in total. The zero-order valence-corrected chi connectivity index (χ0v) is 16.4. The lowest BCUT2D eigenvalue weighted by molar-refractivity contribution is -0.139. The maximum absolute atomic E-state index is 13.3. The van der Waals surface area contributed by atoms with Crippen molar-refractivity contribution in [2.24, 2.45) is 0 Å². The molecule has 152 valence electrons. The molecule has 1 atom stereocenters. The first kappa shape index (κ1) is 20.5. The number of halogens is 1. The zero-order valence-electron chi connectivity index (χ0n) is 16.4. The van der Waals surface area contributed by atoms with E-state index in [0.29, 0.717) is 24.1 Å². The Morgan fingerprint density at radius 2 is 1.93 bits per heavy atom. The molecule has 2 aromatic rings. The fraction of sp³-hybridized carbons (Fsp3) is 0.318. The van der Waals surface area contributed by atoms with Crippen LogP contribution < -0.4 is 4.90 Å². The van der Waals surface area contributed by atoms with E-state index in [1.807, 2.05) is 0 Å². The minimum Gasteiger partial charge on any atom is -0.449 e. The highest BCUT2D eigenvalue weighted by Gasteiger charge is 2.24. The summed E-state index contributed by atoms with van der Waals surface area (Å²) < 4.78 is 18.6. The molecule has 2 aromatic carbocycles. The number of hydrogen-bond acceptors (Lipinski definition) is 4. The molecule has 0 aliphatic carbocycles. The van der Waals surface area contributed by atoms with Crippen LogP contribution in [0.25, 0.3) is 0 Å². The molecule has 0 saturated carbocycles. The van der Waals surface area contributed by atoms with E-state index in [2.05, 4.69) is 0 Å². The number of nitrogens with zero attached hydrogens (tertiary/aromatic N) is 2. The number of ether oxygens (including phenoxy) is 1. The van der Waals surface area contributed by atoms with Gasteiger partial charge in [0.2, 0.25) is 5.91 Å². The lowest BCUT2D eigenvalue weighted by Crippen LogP contribution is -2.37. The summed E-state index contributed by atoms with van der Waals surface area (Å²) in [5.41, 5.74) is 1.68. The second kappa shape index (κ2) is 8.86. The smallest absolute Gasteiger partial charge is 0.338 e. The van der Waals surface area contributed by atoms with Crippen LogP contribution in [0, 0.1) is 5.82 Å². The molecule has 0 unspecified atom stereocenters. The monoisotopic (exact) mass is 398 g/mol. The van der Waals surface area contributed by atoms with Crippen LogP contribution in [0.3, 0.4) is 0 Å². The number of benzene rings is 2. The molecule has 0 aromatic heterocycles. The highest BCUT2D eigenvalue weighted by molar-refractivity contribution is 5.96. The summed E-state index contributed by atoms with van der Waals surface area (Å²) >= 11 is 0. The Morgan fingerprint density at radius 1 is 1.21 bits per heavy atom. The summed E-state index contributed by atoms with van der Waals surface area (Å²) in [6, 6.07) is 12.5. The van der Waals surface area contributed by atoms with E-state index in [0.717, 1.165) is 12.1 Å². The fourth-order valence-electron chi connectivity index (χ4n) is 3.28. The number of hydrogen-bond donors (Lipinski definition) is 0. The van der Waals surface area contributed by atoms with Gasteiger partial charge in [-0.05, 0) is 55.3 Å². The Morgan fingerprint density at radius 3 is 2.55 bits per heavy atom. The van der Waals surface area contributed by atoms with Crippen molar-refractivity contribution < 1.29 is 23.5 Å². The SMILES string of the molecule is C[C@@H](OC(=O)c1ccc(N2CCCC2=O)cc1)C(=O)N(C)Cc1cccc(F)c1. The van der Waals surface area contributed by atoms with Gasteiger partial charge in [0.1, 0.15) is 5.82 Å². The van der Waals surface area contributed by atoms with Crippen LogP contribution >= 0.6 is 0 Å². The van der Waals surface area contributed by atoms with E-state index in [1.165, 1.54) is 24.0 Å². The minimum absolute atomic E-state index is 0.0703. The van der Waals surface area contributed by atoms with E-state index >= 15 is 0 Å². The predicted octanol–water partition coefficient (Wildman–Crippen LogP) is 3.16. The topological polar surface area (TPSA) is 66.9 Å². The molecule has 0 spiro atoms. The van der Waals surface area contributed by atoms with Crippen molar-refractivity contribution in [1.82, 2.24) is 4.90 Å². The van der Waals surface area contributed by atoms with Crippen LogP contribution in [0.5, 0.6) is 0 Å². The van der Waals surface area contributed by atoms with Crippen LogP contribution in [-0.2, 0) is 20.9 Å². The van der Waals surface area contributed by atoms with Gasteiger partial charge in [-0.2, -0.15) is 0 Å². The summed E-state index contributed by atoms with van der Waals surface area (Å²) in [4.78, 5) is 39.7. The maximum Gasteiger partial charge on any atom is 0.338 e. The number of carbonyl (C=O) groups excluding carboxylic acids is 3. The van der Waals surface area contributed by atoms with Gasteiger partial charge in [-0.1, -0.05) is 12.1 Å². The summed E-state index contributed by atoms with van der Waals surface area (Å²) in [6.07, 6.45) is 0.374. The highest BCUT2D eigenvalue weighted by Crippen LogP contribution is 2.22. The first-order valence-electron chi connectivity index (χ1n) is 9.46. The Kier molecular flexibility index (Phi) is 6.26. The van der Waals surface area contributed by atoms with Crippen LogP contribution in [-0.4, -0.2) is 42.4 Å². The first-order chi connectivity index (χ1) is 13.8. The highest BCUT2D eigenvalue weighted by atomic mass is 19.1. The van der Waals surface area contributed by atoms with Gasteiger partial charge < -0.3 is 14.5 Å². The van der Waals surface area contributed by atoms with Crippen LogP contribution in [0.1, 0.15) is 35.7 Å². The Labute approximate surface area is 168 Å². The average Bonchev–Trinajstić information content (AvgIpc) is 3.13.